The third kappa shape index (κ3) is 4.35. The zero-order chi connectivity index (χ0) is 11.3. The second-order valence-electron chi connectivity index (χ2n) is 3.56. The van der Waals surface area contributed by atoms with Crippen molar-refractivity contribution >= 4 is 6.09 Å². The molecule has 0 aliphatic heterocycles. The van der Waals surface area contributed by atoms with Crippen LogP contribution >= 0.6 is 0 Å². The van der Waals surface area contributed by atoms with Gasteiger partial charge in [-0.3, -0.25) is 0 Å². The van der Waals surface area contributed by atoms with Crippen LogP contribution in [0.25, 0.3) is 0 Å². The average Bonchev–Trinajstić information content (AvgIpc) is 2.14. The molecular formula is C11H15NO3. The van der Waals surface area contributed by atoms with Gasteiger partial charge in [0, 0.05) is 6.04 Å². The molecule has 0 spiro atoms. The van der Waals surface area contributed by atoms with Crippen LogP contribution < -0.4 is 5.32 Å². The van der Waals surface area contributed by atoms with Crippen LogP contribution in [0.5, 0.6) is 5.75 Å². The van der Waals surface area contributed by atoms with Gasteiger partial charge in [-0.15, -0.1) is 0 Å². The quantitative estimate of drug-likeness (QED) is 0.710. The molecule has 1 rings (SSSR count). The molecule has 15 heavy (non-hydrogen) atoms. The summed E-state index contributed by atoms with van der Waals surface area (Å²) < 4.78 is 0. The van der Waals surface area contributed by atoms with Gasteiger partial charge in [0.25, 0.3) is 0 Å². The molecule has 0 fully saturated rings. The second kappa shape index (κ2) is 5.24. The van der Waals surface area contributed by atoms with E-state index in [1.54, 1.807) is 18.2 Å². The van der Waals surface area contributed by atoms with E-state index in [-0.39, 0.29) is 11.8 Å². The zero-order valence-corrected chi connectivity index (χ0v) is 8.60. The maximum absolute atomic E-state index is 10.3. The van der Waals surface area contributed by atoms with Crippen molar-refractivity contribution in [1.29, 1.82) is 0 Å². The summed E-state index contributed by atoms with van der Waals surface area (Å²) in [6.45, 7) is 1.82. The van der Waals surface area contributed by atoms with Crippen molar-refractivity contribution in [3.63, 3.8) is 0 Å². The number of hydrogen-bond donors (Lipinski definition) is 3. The van der Waals surface area contributed by atoms with Gasteiger partial charge in [0.1, 0.15) is 5.75 Å². The van der Waals surface area contributed by atoms with E-state index in [0.29, 0.717) is 0 Å². The maximum atomic E-state index is 10.3. The molecule has 0 aliphatic carbocycles. The number of phenols is 1. The summed E-state index contributed by atoms with van der Waals surface area (Å²) in [6.07, 6.45) is 0.462. The van der Waals surface area contributed by atoms with Crippen LogP contribution in [0.3, 0.4) is 0 Å². The van der Waals surface area contributed by atoms with Gasteiger partial charge in [0.15, 0.2) is 0 Å². The Morgan fingerprint density at radius 2 is 2.27 bits per heavy atom. The number of hydrogen-bond acceptors (Lipinski definition) is 2. The Hall–Kier alpha value is -1.71. The number of phenolic OH excluding ortho intramolecular Hbond substituents is 1. The number of benzene rings is 1. The molecule has 1 aromatic rings. The molecule has 0 saturated carbocycles. The Labute approximate surface area is 88.6 Å². The minimum atomic E-state index is -1.00. The summed E-state index contributed by atoms with van der Waals surface area (Å²) in [5.74, 6) is 0.242. The molecule has 4 heteroatoms. The minimum absolute atomic E-state index is 0.0788. The van der Waals surface area contributed by atoms with E-state index < -0.39 is 6.09 Å². The Bertz CT molecular complexity index is 338. The summed E-state index contributed by atoms with van der Waals surface area (Å²) in [5.41, 5.74) is 1.01. The molecule has 0 bridgehead atoms. The van der Waals surface area contributed by atoms with Crippen molar-refractivity contribution in [2.45, 2.75) is 25.8 Å². The summed E-state index contributed by atoms with van der Waals surface area (Å²) in [5, 5.41) is 20.1. The lowest BCUT2D eigenvalue weighted by Crippen LogP contribution is -2.31. The summed E-state index contributed by atoms with van der Waals surface area (Å²) in [6, 6.07) is 6.91. The number of aryl methyl sites for hydroxylation is 1. The predicted molar refractivity (Wildman–Crippen MR) is 57.1 cm³/mol. The van der Waals surface area contributed by atoms with Crippen LogP contribution in [-0.2, 0) is 6.42 Å². The average molecular weight is 209 g/mol. The van der Waals surface area contributed by atoms with Gasteiger partial charge in [-0.2, -0.15) is 0 Å². The molecule has 3 N–H and O–H groups in total. The van der Waals surface area contributed by atoms with Crippen LogP contribution in [0.1, 0.15) is 18.9 Å². The van der Waals surface area contributed by atoms with Gasteiger partial charge < -0.3 is 15.5 Å². The smallest absolute Gasteiger partial charge is 0.404 e. The SMILES string of the molecule is CC(CCc1cccc(O)c1)NC(=O)O. The fraction of sp³-hybridized carbons (Fsp3) is 0.364. The molecule has 0 aromatic heterocycles. The molecule has 1 amide bonds. The van der Waals surface area contributed by atoms with Crippen LogP contribution in [0.2, 0.25) is 0 Å². The number of nitrogens with one attached hydrogen (secondary N) is 1. The minimum Gasteiger partial charge on any atom is -0.508 e. The molecular weight excluding hydrogens is 194 g/mol. The van der Waals surface area contributed by atoms with Gasteiger partial charge in [-0.1, -0.05) is 12.1 Å². The molecule has 82 valence electrons. The van der Waals surface area contributed by atoms with Gasteiger partial charge >= 0.3 is 6.09 Å². The highest BCUT2D eigenvalue weighted by Gasteiger charge is 2.05. The molecule has 0 heterocycles. The number of aromatic hydroxyl groups is 1. The topological polar surface area (TPSA) is 69.6 Å². The molecule has 0 radical (unpaired) electrons. The highest BCUT2D eigenvalue weighted by Crippen LogP contribution is 2.13. The normalized spacial score (nSPS) is 12.1. The first-order valence-corrected chi connectivity index (χ1v) is 4.85. The highest BCUT2D eigenvalue weighted by molar-refractivity contribution is 5.64. The van der Waals surface area contributed by atoms with Crippen molar-refractivity contribution in [3.8, 4) is 5.75 Å². The summed E-state index contributed by atoms with van der Waals surface area (Å²) in [7, 11) is 0. The standard InChI is InChI=1S/C11H15NO3/c1-8(12-11(14)15)5-6-9-3-2-4-10(13)7-9/h2-4,7-8,12-13H,5-6H2,1H3,(H,14,15). The number of amides is 1. The first-order chi connectivity index (χ1) is 7.08. The van der Waals surface area contributed by atoms with Crippen molar-refractivity contribution in [2.75, 3.05) is 0 Å². The van der Waals surface area contributed by atoms with Crippen molar-refractivity contribution in [3.05, 3.63) is 29.8 Å². The number of carbonyl (C=O) groups is 1. The van der Waals surface area contributed by atoms with Gasteiger partial charge in [0.2, 0.25) is 0 Å². The Morgan fingerprint density at radius 3 is 2.87 bits per heavy atom. The Balaban J connectivity index is 2.40. The molecule has 4 nitrogen and oxygen atoms in total. The van der Waals surface area contributed by atoms with Crippen LogP contribution in [0, 0.1) is 0 Å². The zero-order valence-electron chi connectivity index (χ0n) is 8.60. The van der Waals surface area contributed by atoms with Crippen LogP contribution in [-0.4, -0.2) is 22.3 Å². The van der Waals surface area contributed by atoms with E-state index >= 15 is 0 Å². The fourth-order valence-corrected chi connectivity index (χ4v) is 1.38. The van der Waals surface area contributed by atoms with E-state index in [1.165, 1.54) is 0 Å². The molecule has 1 aromatic carbocycles. The van der Waals surface area contributed by atoms with Crippen molar-refractivity contribution < 1.29 is 15.0 Å². The fourth-order valence-electron chi connectivity index (χ4n) is 1.38. The lowest BCUT2D eigenvalue weighted by atomic mass is 10.1. The summed E-state index contributed by atoms with van der Waals surface area (Å²) in [4.78, 5) is 10.3. The largest absolute Gasteiger partial charge is 0.508 e. The molecule has 1 unspecified atom stereocenters. The van der Waals surface area contributed by atoms with E-state index in [2.05, 4.69) is 5.32 Å². The maximum Gasteiger partial charge on any atom is 0.404 e. The van der Waals surface area contributed by atoms with Gasteiger partial charge in [-0.25, -0.2) is 4.79 Å². The third-order valence-electron chi connectivity index (χ3n) is 2.15. The molecule has 1 atom stereocenters. The van der Waals surface area contributed by atoms with Crippen molar-refractivity contribution in [2.24, 2.45) is 0 Å². The second-order valence-corrected chi connectivity index (χ2v) is 3.56. The van der Waals surface area contributed by atoms with Crippen LogP contribution in [0.4, 0.5) is 4.79 Å². The van der Waals surface area contributed by atoms with Gasteiger partial charge in [0.05, 0.1) is 0 Å². The van der Waals surface area contributed by atoms with E-state index in [9.17, 15) is 9.90 Å². The Morgan fingerprint density at radius 1 is 1.53 bits per heavy atom. The first-order valence-electron chi connectivity index (χ1n) is 4.85. The van der Waals surface area contributed by atoms with E-state index in [0.717, 1.165) is 18.4 Å². The lowest BCUT2D eigenvalue weighted by molar-refractivity contribution is 0.190. The Kier molecular flexibility index (Phi) is 3.97. The third-order valence-corrected chi connectivity index (χ3v) is 2.15. The number of rotatable bonds is 4. The number of carboxylic acid groups (broad SMARTS) is 1. The molecule has 0 saturated heterocycles. The van der Waals surface area contributed by atoms with Crippen molar-refractivity contribution in [1.82, 2.24) is 5.32 Å². The monoisotopic (exact) mass is 209 g/mol. The van der Waals surface area contributed by atoms with E-state index in [1.807, 2.05) is 13.0 Å². The predicted octanol–water partition coefficient (Wildman–Crippen LogP) is 1.98. The van der Waals surface area contributed by atoms with Crippen LogP contribution in [0.15, 0.2) is 24.3 Å². The molecule has 0 aliphatic rings. The van der Waals surface area contributed by atoms with E-state index in [4.69, 9.17) is 5.11 Å². The lowest BCUT2D eigenvalue weighted by Gasteiger charge is -2.10. The first kappa shape index (κ1) is 11.4. The highest BCUT2D eigenvalue weighted by atomic mass is 16.4. The van der Waals surface area contributed by atoms with Gasteiger partial charge in [-0.05, 0) is 37.5 Å². The summed E-state index contributed by atoms with van der Waals surface area (Å²) >= 11 is 0.